The zero-order valence-electron chi connectivity index (χ0n) is 15.1. The fourth-order valence-electron chi connectivity index (χ4n) is 2.88. The molecule has 2 unspecified atom stereocenters. The summed E-state index contributed by atoms with van der Waals surface area (Å²) in [4.78, 5) is 25.4. The molecule has 0 heterocycles. The minimum Gasteiger partial charge on any atom is -0.481 e. The molecule has 0 saturated heterocycles. The first-order valence-electron chi connectivity index (χ1n) is 8.97. The van der Waals surface area contributed by atoms with Crippen molar-refractivity contribution in [1.82, 2.24) is 15.5 Å². The molecule has 2 amide bonds. The van der Waals surface area contributed by atoms with Crippen molar-refractivity contribution in [2.24, 2.45) is 0 Å². The van der Waals surface area contributed by atoms with Crippen LogP contribution in [-0.2, 0) is 11.2 Å². The molecule has 1 aromatic rings. The number of rotatable bonds is 10. The van der Waals surface area contributed by atoms with Crippen molar-refractivity contribution in [3.8, 4) is 0 Å². The third-order valence-electron chi connectivity index (χ3n) is 4.74. The van der Waals surface area contributed by atoms with Crippen LogP contribution < -0.4 is 10.6 Å². The summed E-state index contributed by atoms with van der Waals surface area (Å²) in [5.41, 5.74) is 1.08. The van der Waals surface area contributed by atoms with E-state index in [1.165, 1.54) is 12.8 Å². The second kappa shape index (κ2) is 9.42. The van der Waals surface area contributed by atoms with Gasteiger partial charge >= 0.3 is 12.0 Å². The molecule has 1 aromatic carbocycles. The number of likely N-dealkylation sites (N-methyl/N-ethyl adjacent to an activating group) is 1. The lowest BCUT2D eigenvalue weighted by molar-refractivity contribution is -0.137. The molecule has 0 aliphatic heterocycles. The molecule has 0 spiro atoms. The molecule has 0 radical (unpaired) electrons. The highest BCUT2D eigenvalue weighted by molar-refractivity contribution is 5.74. The average molecular weight is 347 g/mol. The number of carbonyl (C=O) groups is 2. The van der Waals surface area contributed by atoms with Crippen molar-refractivity contribution in [1.29, 1.82) is 0 Å². The number of hydrogen-bond donors (Lipinski definition) is 3. The normalized spacial score (nSPS) is 16.3. The standard InChI is InChI=1S/C19H29N3O3/c1-14(22(2)17-9-10-17)13-20-19(25)21-16(8-11-18(23)24)12-15-6-4-3-5-7-15/h3-7,14,16-17H,8-13H2,1-2H3,(H,23,24)(H2,20,21,25). The van der Waals surface area contributed by atoms with E-state index in [1.807, 2.05) is 30.3 Å². The van der Waals surface area contributed by atoms with Crippen LogP contribution >= 0.6 is 0 Å². The van der Waals surface area contributed by atoms with Crippen LogP contribution in [0.2, 0.25) is 0 Å². The molecule has 138 valence electrons. The molecular formula is C19H29N3O3. The highest BCUT2D eigenvalue weighted by Crippen LogP contribution is 2.26. The van der Waals surface area contributed by atoms with Gasteiger partial charge in [0.2, 0.25) is 0 Å². The van der Waals surface area contributed by atoms with Gasteiger partial charge in [-0.2, -0.15) is 0 Å². The Balaban J connectivity index is 1.81. The predicted molar refractivity (Wildman–Crippen MR) is 97.6 cm³/mol. The lowest BCUT2D eigenvalue weighted by Crippen LogP contribution is -2.47. The van der Waals surface area contributed by atoms with E-state index in [0.29, 0.717) is 25.4 Å². The zero-order valence-corrected chi connectivity index (χ0v) is 15.1. The maximum Gasteiger partial charge on any atom is 0.315 e. The summed E-state index contributed by atoms with van der Waals surface area (Å²) in [5.74, 6) is -0.847. The third-order valence-corrected chi connectivity index (χ3v) is 4.74. The Morgan fingerprint density at radius 1 is 1.28 bits per heavy atom. The zero-order chi connectivity index (χ0) is 18.2. The first-order chi connectivity index (χ1) is 12.0. The second-order valence-electron chi connectivity index (χ2n) is 6.92. The molecule has 6 heteroatoms. The molecule has 25 heavy (non-hydrogen) atoms. The van der Waals surface area contributed by atoms with Crippen LogP contribution in [0.5, 0.6) is 0 Å². The molecule has 0 aromatic heterocycles. The highest BCUT2D eigenvalue weighted by Gasteiger charge is 2.29. The Bertz CT molecular complexity index is 560. The minimum absolute atomic E-state index is 0.0403. The summed E-state index contributed by atoms with van der Waals surface area (Å²) in [7, 11) is 2.09. The van der Waals surface area contributed by atoms with E-state index >= 15 is 0 Å². The fraction of sp³-hybridized carbons (Fsp3) is 0.579. The lowest BCUT2D eigenvalue weighted by Gasteiger charge is -2.25. The van der Waals surface area contributed by atoms with Crippen molar-refractivity contribution < 1.29 is 14.7 Å². The molecule has 6 nitrogen and oxygen atoms in total. The van der Waals surface area contributed by atoms with E-state index < -0.39 is 5.97 Å². The first-order valence-corrected chi connectivity index (χ1v) is 8.97. The van der Waals surface area contributed by atoms with Gasteiger partial charge in [0.25, 0.3) is 0 Å². The van der Waals surface area contributed by atoms with E-state index in [-0.39, 0.29) is 24.5 Å². The summed E-state index contributed by atoms with van der Waals surface area (Å²) < 4.78 is 0. The number of aliphatic carboxylic acids is 1. The SMILES string of the molecule is CC(CNC(=O)NC(CCC(=O)O)Cc1ccccc1)N(C)C1CC1. The van der Waals surface area contributed by atoms with E-state index in [9.17, 15) is 9.59 Å². The maximum absolute atomic E-state index is 12.2. The van der Waals surface area contributed by atoms with E-state index in [0.717, 1.165) is 5.56 Å². The van der Waals surface area contributed by atoms with Crippen molar-refractivity contribution in [2.75, 3.05) is 13.6 Å². The quantitative estimate of drug-likeness (QED) is 0.606. The Kier molecular flexibility index (Phi) is 7.25. The van der Waals surface area contributed by atoms with Gasteiger partial charge in [-0.1, -0.05) is 30.3 Å². The van der Waals surface area contributed by atoms with Crippen LogP contribution in [0.4, 0.5) is 4.79 Å². The predicted octanol–water partition coefficient (Wildman–Crippen LogP) is 2.24. The lowest BCUT2D eigenvalue weighted by atomic mass is 10.0. The van der Waals surface area contributed by atoms with Crippen LogP contribution in [-0.4, -0.2) is 53.7 Å². The summed E-state index contributed by atoms with van der Waals surface area (Å²) >= 11 is 0. The van der Waals surface area contributed by atoms with Gasteiger partial charge in [0, 0.05) is 31.1 Å². The Hall–Kier alpha value is -2.08. The topological polar surface area (TPSA) is 81.7 Å². The summed E-state index contributed by atoms with van der Waals surface area (Å²) in [5, 5.41) is 14.8. The van der Waals surface area contributed by atoms with Crippen LogP contribution in [0.25, 0.3) is 0 Å². The Labute approximate surface area is 149 Å². The van der Waals surface area contributed by atoms with Crippen LogP contribution in [0.15, 0.2) is 30.3 Å². The van der Waals surface area contributed by atoms with Crippen molar-refractivity contribution in [3.05, 3.63) is 35.9 Å². The van der Waals surface area contributed by atoms with Gasteiger partial charge in [0.05, 0.1) is 0 Å². The Morgan fingerprint density at radius 3 is 2.56 bits per heavy atom. The van der Waals surface area contributed by atoms with Gasteiger partial charge in [-0.15, -0.1) is 0 Å². The van der Waals surface area contributed by atoms with E-state index in [2.05, 4.69) is 29.5 Å². The number of benzene rings is 1. The van der Waals surface area contributed by atoms with Gasteiger partial charge < -0.3 is 15.7 Å². The number of nitrogens with zero attached hydrogens (tertiary/aromatic N) is 1. The molecule has 1 fully saturated rings. The monoisotopic (exact) mass is 347 g/mol. The van der Waals surface area contributed by atoms with Gasteiger partial charge in [-0.3, -0.25) is 9.69 Å². The van der Waals surface area contributed by atoms with Gasteiger partial charge in [-0.05, 0) is 45.2 Å². The summed E-state index contributed by atoms with van der Waals surface area (Å²) in [6.07, 6.45) is 3.55. The van der Waals surface area contributed by atoms with Crippen molar-refractivity contribution >= 4 is 12.0 Å². The summed E-state index contributed by atoms with van der Waals surface area (Å²) in [6.45, 7) is 2.68. The molecule has 2 rings (SSSR count). The van der Waals surface area contributed by atoms with Crippen molar-refractivity contribution in [2.45, 2.75) is 57.2 Å². The van der Waals surface area contributed by atoms with Gasteiger partial charge in [0.1, 0.15) is 0 Å². The third kappa shape index (κ3) is 7.13. The highest BCUT2D eigenvalue weighted by atomic mass is 16.4. The molecular weight excluding hydrogens is 318 g/mol. The summed E-state index contributed by atoms with van der Waals surface area (Å²) in [6, 6.07) is 10.3. The number of urea groups is 1. The van der Waals surface area contributed by atoms with E-state index in [1.54, 1.807) is 0 Å². The average Bonchev–Trinajstić information content (AvgIpc) is 3.42. The smallest absolute Gasteiger partial charge is 0.315 e. The molecule has 1 aliphatic rings. The second-order valence-corrected chi connectivity index (χ2v) is 6.92. The number of nitrogens with one attached hydrogen (secondary N) is 2. The largest absolute Gasteiger partial charge is 0.481 e. The number of hydrogen-bond acceptors (Lipinski definition) is 3. The number of carboxylic acid groups (broad SMARTS) is 1. The van der Waals surface area contributed by atoms with Crippen LogP contribution in [0, 0.1) is 0 Å². The van der Waals surface area contributed by atoms with Crippen molar-refractivity contribution in [3.63, 3.8) is 0 Å². The number of carboxylic acids is 1. The van der Waals surface area contributed by atoms with Crippen LogP contribution in [0.3, 0.4) is 0 Å². The fourth-order valence-corrected chi connectivity index (χ4v) is 2.88. The molecule has 0 bridgehead atoms. The first kappa shape index (κ1) is 19.2. The minimum atomic E-state index is -0.847. The maximum atomic E-state index is 12.2. The molecule has 1 saturated carbocycles. The van der Waals surface area contributed by atoms with E-state index in [4.69, 9.17) is 5.11 Å². The Morgan fingerprint density at radius 2 is 1.96 bits per heavy atom. The number of amides is 2. The molecule has 3 N–H and O–H groups in total. The number of carbonyl (C=O) groups excluding carboxylic acids is 1. The van der Waals surface area contributed by atoms with Crippen LogP contribution in [0.1, 0.15) is 38.2 Å². The van der Waals surface area contributed by atoms with Gasteiger partial charge in [0.15, 0.2) is 0 Å². The van der Waals surface area contributed by atoms with Gasteiger partial charge in [-0.25, -0.2) is 4.79 Å². The molecule has 2 atom stereocenters. The molecule has 1 aliphatic carbocycles.